The molecule has 5 nitrogen and oxygen atoms in total. The van der Waals surface area contributed by atoms with Crippen LogP contribution in [0.5, 0.6) is 0 Å². The van der Waals surface area contributed by atoms with Crippen LogP contribution in [0, 0.1) is 0 Å². The van der Waals surface area contributed by atoms with Crippen LogP contribution >= 0.6 is 0 Å². The van der Waals surface area contributed by atoms with Gasteiger partial charge >= 0.3 is 5.97 Å². The van der Waals surface area contributed by atoms with Crippen molar-refractivity contribution in [3.8, 4) is 0 Å². The lowest BCUT2D eigenvalue weighted by molar-refractivity contribution is 0.0696. The molecule has 0 aliphatic carbocycles. The van der Waals surface area contributed by atoms with E-state index in [0.29, 0.717) is 17.7 Å². The average molecular weight is 356 g/mol. The Balaban J connectivity index is 1.53. The Morgan fingerprint density at radius 3 is 2.44 bits per heavy atom. The quantitative estimate of drug-likeness (QED) is 0.548. The Morgan fingerprint density at radius 2 is 1.67 bits per heavy atom. The smallest absolute Gasteiger partial charge is 0.335 e. The Kier molecular flexibility index (Phi) is 4.26. The first-order valence-electron chi connectivity index (χ1n) is 8.48. The molecule has 0 bridgehead atoms. The number of carbonyl (C=O) groups excluding carboxylic acids is 1. The van der Waals surface area contributed by atoms with E-state index in [9.17, 15) is 9.59 Å². The van der Waals surface area contributed by atoms with Gasteiger partial charge in [-0.25, -0.2) is 4.79 Å². The third kappa shape index (κ3) is 3.48. The Labute approximate surface area is 155 Å². The fourth-order valence-electron chi connectivity index (χ4n) is 3.02. The highest BCUT2D eigenvalue weighted by Crippen LogP contribution is 2.16. The van der Waals surface area contributed by atoms with Gasteiger partial charge in [0.15, 0.2) is 5.78 Å². The number of benzene rings is 2. The number of aromatic nitrogens is 2. The molecule has 0 fully saturated rings. The molecule has 2 heterocycles. The van der Waals surface area contributed by atoms with Crippen molar-refractivity contribution in [1.82, 2.24) is 9.55 Å². The van der Waals surface area contributed by atoms with Crippen molar-refractivity contribution < 1.29 is 14.7 Å². The Morgan fingerprint density at radius 1 is 0.926 bits per heavy atom. The summed E-state index contributed by atoms with van der Waals surface area (Å²) in [7, 11) is 0. The molecule has 5 heteroatoms. The molecule has 2 aromatic heterocycles. The lowest BCUT2D eigenvalue weighted by atomic mass is 10.0. The normalized spacial score (nSPS) is 10.8. The van der Waals surface area contributed by atoms with Gasteiger partial charge in [-0.1, -0.05) is 30.3 Å². The van der Waals surface area contributed by atoms with Crippen LogP contribution in [-0.4, -0.2) is 26.4 Å². The molecule has 0 atom stereocenters. The van der Waals surface area contributed by atoms with Crippen molar-refractivity contribution in [2.45, 2.75) is 6.54 Å². The highest BCUT2D eigenvalue weighted by molar-refractivity contribution is 6.09. The van der Waals surface area contributed by atoms with Crippen molar-refractivity contribution >= 4 is 22.7 Å². The lowest BCUT2D eigenvalue weighted by Gasteiger charge is -2.05. The number of carboxylic acid groups (broad SMARTS) is 1. The first-order valence-corrected chi connectivity index (χ1v) is 8.48. The maximum atomic E-state index is 12.6. The molecule has 4 rings (SSSR count). The highest BCUT2D eigenvalue weighted by Gasteiger charge is 2.12. The molecule has 132 valence electrons. The maximum Gasteiger partial charge on any atom is 0.335 e. The van der Waals surface area contributed by atoms with E-state index >= 15 is 0 Å². The third-order valence-electron chi connectivity index (χ3n) is 4.42. The number of pyridine rings is 1. The van der Waals surface area contributed by atoms with Crippen LogP contribution in [0.1, 0.15) is 31.8 Å². The van der Waals surface area contributed by atoms with Gasteiger partial charge in [-0.2, -0.15) is 0 Å². The molecule has 0 radical (unpaired) electrons. The molecule has 0 amide bonds. The first kappa shape index (κ1) is 16.7. The van der Waals surface area contributed by atoms with E-state index < -0.39 is 5.97 Å². The van der Waals surface area contributed by atoms with E-state index in [4.69, 9.17) is 5.11 Å². The minimum atomic E-state index is -1.01. The van der Waals surface area contributed by atoms with Crippen molar-refractivity contribution in [3.05, 3.63) is 102 Å². The zero-order valence-corrected chi connectivity index (χ0v) is 14.4. The zero-order chi connectivity index (χ0) is 18.8. The summed E-state index contributed by atoms with van der Waals surface area (Å²) in [6.07, 6.45) is 5.49. The molecule has 27 heavy (non-hydrogen) atoms. The van der Waals surface area contributed by atoms with E-state index in [1.165, 1.54) is 24.3 Å². The van der Waals surface area contributed by atoms with Crippen molar-refractivity contribution in [2.75, 3.05) is 0 Å². The minimum absolute atomic E-state index is 0.137. The van der Waals surface area contributed by atoms with Crippen LogP contribution in [0.4, 0.5) is 0 Å². The second kappa shape index (κ2) is 6.88. The zero-order valence-electron chi connectivity index (χ0n) is 14.4. The number of ketones is 1. The number of aromatic carboxylic acids is 1. The van der Waals surface area contributed by atoms with Crippen molar-refractivity contribution in [3.63, 3.8) is 0 Å². The molecular formula is C22H16N2O3. The van der Waals surface area contributed by atoms with Gasteiger partial charge in [0, 0.05) is 41.6 Å². The van der Waals surface area contributed by atoms with E-state index in [2.05, 4.69) is 11.1 Å². The summed E-state index contributed by atoms with van der Waals surface area (Å²) in [6, 6.07) is 17.7. The number of para-hydroxylation sites is 1. The molecule has 0 saturated heterocycles. The van der Waals surface area contributed by atoms with Crippen molar-refractivity contribution in [1.29, 1.82) is 0 Å². The van der Waals surface area contributed by atoms with Crippen molar-refractivity contribution in [2.24, 2.45) is 0 Å². The van der Waals surface area contributed by atoms with Gasteiger partial charge in [-0.05, 0) is 35.9 Å². The molecule has 1 N–H and O–H groups in total. The van der Waals surface area contributed by atoms with Crippen LogP contribution in [-0.2, 0) is 6.54 Å². The Bertz CT molecular complexity index is 1140. The van der Waals surface area contributed by atoms with Gasteiger partial charge in [-0.3, -0.25) is 9.78 Å². The number of fused-ring (bicyclic) bond motifs is 1. The van der Waals surface area contributed by atoms with Gasteiger partial charge in [0.25, 0.3) is 0 Å². The van der Waals surface area contributed by atoms with Gasteiger partial charge < -0.3 is 9.67 Å². The summed E-state index contributed by atoms with van der Waals surface area (Å²) in [5.41, 5.74) is 3.19. The molecule has 0 unspecified atom stereocenters. The second-order valence-electron chi connectivity index (χ2n) is 6.32. The standard InChI is InChI=1S/C22H16N2O3/c25-21(16-5-7-17(8-6-16)22(26)27)19-9-10-24(14-19)13-15-11-18-3-1-2-4-20(18)23-12-15/h1-12,14H,13H2,(H,26,27). The molecule has 0 saturated carbocycles. The van der Waals surface area contributed by atoms with Gasteiger partial charge in [-0.15, -0.1) is 0 Å². The predicted octanol–water partition coefficient (Wildman–Crippen LogP) is 4.01. The largest absolute Gasteiger partial charge is 0.478 e. The average Bonchev–Trinajstić information content (AvgIpc) is 3.16. The Hall–Kier alpha value is -3.73. The molecule has 2 aromatic carbocycles. The highest BCUT2D eigenvalue weighted by atomic mass is 16.4. The summed E-state index contributed by atoms with van der Waals surface area (Å²) in [5.74, 6) is -1.15. The maximum absolute atomic E-state index is 12.6. The van der Waals surface area contributed by atoms with Crippen LogP contribution in [0.3, 0.4) is 0 Å². The van der Waals surface area contributed by atoms with Crippen LogP contribution in [0.25, 0.3) is 10.9 Å². The number of nitrogens with zero attached hydrogens (tertiary/aromatic N) is 2. The SMILES string of the molecule is O=C(O)c1ccc(C(=O)c2ccn(Cc3cnc4ccccc4c3)c2)cc1. The fourth-order valence-corrected chi connectivity index (χ4v) is 3.02. The molecule has 0 aliphatic rings. The lowest BCUT2D eigenvalue weighted by Crippen LogP contribution is -2.03. The number of hydrogen-bond donors (Lipinski definition) is 1. The fraction of sp³-hybridized carbons (Fsp3) is 0.0455. The van der Waals surface area contributed by atoms with E-state index in [1.54, 1.807) is 12.3 Å². The van der Waals surface area contributed by atoms with E-state index in [-0.39, 0.29) is 11.3 Å². The third-order valence-corrected chi connectivity index (χ3v) is 4.42. The first-order chi connectivity index (χ1) is 13.1. The molecule has 0 spiro atoms. The molecular weight excluding hydrogens is 340 g/mol. The van der Waals surface area contributed by atoms with E-state index in [0.717, 1.165) is 16.5 Å². The van der Waals surface area contributed by atoms with Gasteiger partial charge in [0.2, 0.25) is 0 Å². The number of rotatable bonds is 5. The molecule has 4 aromatic rings. The second-order valence-corrected chi connectivity index (χ2v) is 6.32. The van der Waals surface area contributed by atoms with Gasteiger partial charge in [0.1, 0.15) is 0 Å². The van der Waals surface area contributed by atoms with Gasteiger partial charge in [0.05, 0.1) is 11.1 Å². The predicted molar refractivity (Wildman–Crippen MR) is 102 cm³/mol. The summed E-state index contributed by atoms with van der Waals surface area (Å²) in [4.78, 5) is 28.0. The number of hydrogen-bond acceptors (Lipinski definition) is 3. The summed E-state index contributed by atoms with van der Waals surface area (Å²) in [5, 5.41) is 10.0. The van der Waals surface area contributed by atoms with Crippen LogP contribution in [0.2, 0.25) is 0 Å². The molecule has 0 aliphatic heterocycles. The van der Waals surface area contributed by atoms with Crippen LogP contribution in [0.15, 0.2) is 79.3 Å². The van der Waals surface area contributed by atoms with E-state index in [1.807, 2.05) is 41.2 Å². The number of carboxylic acids is 1. The summed E-state index contributed by atoms with van der Waals surface area (Å²) in [6.45, 7) is 0.614. The summed E-state index contributed by atoms with van der Waals surface area (Å²) < 4.78 is 1.94. The van der Waals surface area contributed by atoms with Crippen LogP contribution < -0.4 is 0 Å². The number of carbonyl (C=O) groups is 2. The summed E-state index contributed by atoms with van der Waals surface area (Å²) >= 11 is 0. The minimum Gasteiger partial charge on any atom is -0.478 e. The monoisotopic (exact) mass is 356 g/mol. The topological polar surface area (TPSA) is 72.2 Å².